The van der Waals surface area contributed by atoms with E-state index in [1.165, 1.54) is 0 Å². The lowest BCUT2D eigenvalue weighted by molar-refractivity contribution is -0.157. The molecule has 0 radical (unpaired) electrons. The standard InChI is InChI=1S/C11H17I2N3O2/c1-6(16-5-15-8(12)9(16)13)7(14)10(17)18-11(2,3)4/h5-7H,14H2,1-4H3. The SMILES string of the molecule is CC(C(N)C(=O)OC(C)(C)C)n1cnc(I)c1I. The molecule has 2 atom stereocenters. The molecule has 0 aliphatic rings. The lowest BCUT2D eigenvalue weighted by Crippen LogP contribution is -2.42. The van der Waals surface area contributed by atoms with E-state index in [4.69, 9.17) is 10.5 Å². The van der Waals surface area contributed by atoms with Crippen LogP contribution in [0.5, 0.6) is 0 Å². The monoisotopic (exact) mass is 477 g/mol. The topological polar surface area (TPSA) is 70.1 Å². The molecular formula is C11H17I2N3O2. The van der Waals surface area contributed by atoms with E-state index < -0.39 is 17.6 Å². The van der Waals surface area contributed by atoms with Crippen LogP contribution in [0.4, 0.5) is 0 Å². The Morgan fingerprint density at radius 1 is 1.50 bits per heavy atom. The van der Waals surface area contributed by atoms with Gasteiger partial charge in [0.2, 0.25) is 0 Å². The number of imidazole rings is 1. The second-order valence-electron chi connectivity index (χ2n) is 5.03. The van der Waals surface area contributed by atoms with Crippen LogP contribution in [0.3, 0.4) is 0 Å². The van der Waals surface area contributed by atoms with E-state index in [2.05, 4.69) is 50.2 Å². The minimum atomic E-state index is -0.706. The van der Waals surface area contributed by atoms with Crippen LogP contribution < -0.4 is 5.73 Å². The quantitative estimate of drug-likeness (QED) is 0.537. The Balaban J connectivity index is 2.81. The fraction of sp³-hybridized carbons (Fsp3) is 0.636. The fourth-order valence-corrected chi connectivity index (χ4v) is 2.45. The van der Waals surface area contributed by atoms with E-state index in [0.717, 1.165) is 7.40 Å². The molecule has 102 valence electrons. The molecule has 2 N–H and O–H groups in total. The second-order valence-corrected chi connectivity index (χ2v) is 7.08. The van der Waals surface area contributed by atoms with Crippen molar-refractivity contribution < 1.29 is 9.53 Å². The Morgan fingerprint density at radius 2 is 2.06 bits per heavy atom. The highest BCUT2D eigenvalue weighted by atomic mass is 127. The number of nitrogens with zero attached hydrogens (tertiary/aromatic N) is 2. The minimum Gasteiger partial charge on any atom is -0.459 e. The molecule has 0 amide bonds. The molecule has 0 bridgehead atoms. The highest BCUT2D eigenvalue weighted by Gasteiger charge is 2.28. The molecule has 2 unspecified atom stereocenters. The van der Waals surface area contributed by atoms with Crippen LogP contribution in [-0.2, 0) is 9.53 Å². The predicted molar refractivity (Wildman–Crippen MR) is 86.2 cm³/mol. The first-order valence-electron chi connectivity index (χ1n) is 5.49. The van der Waals surface area contributed by atoms with Crippen LogP contribution in [0.1, 0.15) is 33.7 Å². The van der Waals surface area contributed by atoms with Crippen LogP contribution in [-0.4, -0.2) is 27.2 Å². The van der Waals surface area contributed by atoms with Gasteiger partial charge in [0.05, 0.1) is 12.4 Å². The van der Waals surface area contributed by atoms with Crippen molar-refractivity contribution in [3.05, 3.63) is 13.7 Å². The van der Waals surface area contributed by atoms with E-state index >= 15 is 0 Å². The van der Waals surface area contributed by atoms with Crippen molar-refractivity contribution in [1.82, 2.24) is 9.55 Å². The van der Waals surface area contributed by atoms with Gasteiger partial charge < -0.3 is 15.0 Å². The Hall–Kier alpha value is 0.100. The molecule has 7 heteroatoms. The van der Waals surface area contributed by atoms with Crippen molar-refractivity contribution >= 4 is 51.2 Å². The molecule has 0 aliphatic heterocycles. The van der Waals surface area contributed by atoms with E-state index in [0.29, 0.717) is 0 Å². The van der Waals surface area contributed by atoms with Gasteiger partial charge in [0.25, 0.3) is 0 Å². The summed E-state index contributed by atoms with van der Waals surface area (Å²) in [7, 11) is 0. The van der Waals surface area contributed by atoms with E-state index in [1.54, 1.807) is 6.33 Å². The molecule has 1 rings (SSSR count). The number of nitrogens with two attached hydrogens (primary N) is 1. The largest absolute Gasteiger partial charge is 0.459 e. The van der Waals surface area contributed by atoms with Crippen LogP contribution in [0.2, 0.25) is 0 Å². The summed E-state index contributed by atoms with van der Waals surface area (Å²) in [6, 6.07) is -0.898. The summed E-state index contributed by atoms with van der Waals surface area (Å²) < 4.78 is 9.04. The van der Waals surface area contributed by atoms with Gasteiger partial charge in [-0.05, 0) is 72.9 Å². The molecule has 0 spiro atoms. The van der Waals surface area contributed by atoms with Crippen molar-refractivity contribution in [1.29, 1.82) is 0 Å². The third kappa shape index (κ3) is 4.05. The summed E-state index contributed by atoms with van der Waals surface area (Å²) in [6.07, 6.45) is 1.69. The Bertz CT molecular complexity index is 440. The molecule has 1 aromatic heterocycles. The number of ether oxygens (including phenoxy) is 1. The minimum absolute atomic E-state index is 0.192. The maximum atomic E-state index is 11.9. The number of aromatic nitrogens is 2. The number of hydrogen-bond donors (Lipinski definition) is 1. The molecule has 0 fully saturated rings. The summed E-state index contributed by atoms with van der Waals surface area (Å²) in [6.45, 7) is 7.36. The normalized spacial score (nSPS) is 15.3. The van der Waals surface area contributed by atoms with Gasteiger partial charge >= 0.3 is 5.97 Å². The van der Waals surface area contributed by atoms with Gasteiger partial charge in [0, 0.05) is 0 Å². The molecule has 1 heterocycles. The molecule has 1 aromatic rings. The summed E-state index contributed by atoms with van der Waals surface area (Å²) in [4.78, 5) is 16.1. The number of esters is 1. The first-order valence-corrected chi connectivity index (χ1v) is 7.65. The zero-order valence-corrected chi connectivity index (χ0v) is 15.1. The van der Waals surface area contributed by atoms with Gasteiger partial charge in [-0.3, -0.25) is 4.79 Å². The lowest BCUT2D eigenvalue weighted by atomic mass is 10.1. The highest BCUT2D eigenvalue weighted by Crippen LogP contribution is 2.21. The van der Waals surface area contributed by atoms with Crippen molar-refractivity contribution in [2.24, 2.45) is 5.73 Å². The van der Waals surface area contributed by atoms with Crippen LogP contribution in [0, 0.1) is 7.40 Å². The van der Waals surface area contributed by atoms with Crippen LogP contribution in [0.15, 0.2) is 6.33 Å². The fourth-order valence-electron chi connectivity index (χ4n) is 1.35. The number of carbonyl (C=O) groups is 1. The lowest BCUT2D eigenvalue weighted by Gasteiger charge is -2.25. The maximum Gasteiger partial charge on any atom is 0.325 e. The number of carbonyl (C=O) groups excluding carboxylic acids is 1. The molecular weight excluding hydrogens is 460 g/mol. The summed E-state index contributed by atoms with van der Waals surface area (Å²) >= 11 is 4.33. The molecule has 18 heavy (non-hydrogen) atoms. The average molecular weight is 477 g/mol. The second kappa shape index (κ2) is 6.04. The highest BCUT2D eigenvalue weighted by molar-refractivity contribution is 14.1. The maximum absolute atomic E-state index is 11.9. The van der Waals surface area contributed by atoms with Crippen molar-refractivity contribution in [3.8, 4) is 0 Å². The summed E-state index contributed by atoms with van der Waals surface area (Å²) in [5.74, 6) is -0.394. The van der Waals surface area contributed by atoms with Gasteiger partial charge in [-0.15, -0.1) is 0 Å². The van der Waals surface area contributed by atoms with Crippen LogP contribution in [0.25, 0.3) is 0 Å². The van der Waals surface area contributed by atoms with Crippen LogP contribution >= 0.6 is 45.2 Å². The van der Waals surface area contributed by atoms with E-state index in [9.17, 15) is 4.79 Å². The Labute approximate surface area is 134 Å². The third-order valence-corrected chi connectivity index (χ3v) is 5.22. The predicted octanol–water partition coefficient (Wildman–Crippen LogP) is 2.32. The van der Waals surface area contributed by atoms with Gasteiger partial charge in [-0.25, -0.2) is 4.98 Å². The van der Waals surface area contributed by atoms with Gasteiger partial charge in [0.1, 0.15) is 19.0 Å². The molecule has 0 saturated carbocycles. The Kier molecular flexibility index (Phi) is 5.42. The number of halogens is 2. The Morgan fingerprint density at radius 3 is 2.44 bits per heavy atom. The van der Waals surface area contributed by atoms with Crippen molar-refractivity contribution in [3.63, 3.8) is 0 Å². The van der Waals surface area contributed by atoms with Crippen molar-refractivity contribution in [2.45, 2.75) is 45.4 Å². The van der Waals surface area contributed by atoms with Crippen molar-refractivity contribution in [2.75, 3.05) is 0 Å². The van der Waals surface area contributed by atoms with E-state index in [1.807, 2.05) is 32.3 Å². The molecule has 5 nitrogen and oxygen atoms in total. The molecule has 0 aliphatic carbocycles. The van der Waals surface area contributed by atoms with Gasteiger partial charge in [-0.2, -0.15) is 0 Å². The first kappa shape index (κ1) is 16.2. The zero-order valence-electron chi connectivity index (χ0n) is 10.8. The molecule has 0 saturated heterocycles. The summed E-state index contributed by atoms with van der Waals surface area (Å²) in [5.41, 5.74) is 5.43. The first-order chi connectivity index (χ1) is 8.13. The zero-order chi connectivity index (χ0) is 14.1. The number of rotatable bonds is 3. The smallest absolute Gasteiger partial charge is 0.325 e. The van der Waals surface area contributed by atoms with Gasteiger partial charge in [-0.1, -0.05) is 0 Å². The number of hydrogen-bond acceptors (Lipinski definition) is 4. The third-order valence-electron chi connectivity index (χ3n) is 2.33. The summed E-state index contributed by atoms with van der Waals surface area (Å²) in [5, 5.41) is 0. The van der Waals surface area contributed by atoms with E-state index in [-0.39, 0.29) is 6.04 Å². The molecule has 0 aromatic carbocycles. The van der Waals surface area contributed by atoms with Gasteiger partial charge in [0.15, 0.2) is 0 Å². The average Bonchev–Trinajstić information content (AvgIpc) is 2.55.